The zero-order valence-corrected chi connectivity index (χ0v) is 10.6. The monoisotopic (exact) mass is 242 g/mol. The van der Waals surface area contributed by atoms with Gasteiger partial charge in [-0.25, -0.2) is 0 Å². The molecule has 1 aliphatic rings. The summed E-state index contributed by atoms with van der Waals surface area (Å²) in [6, 6.07) is 9.98. The number of nitriles is 1. The highest BCUT2D eigenvalue weighted by Gasteiger charge is 2.28. The van der Waals surface area contributed by atoms with Gasteiger partial charge in [0.25, 0.3) is 0 Å². The fourth-order valence-corrected chi connectivity index (χ4v) is 2.49. The lowest BCUT2D eigenvalue weighted by Crippen LogP contribution is -2.38. The van der Waals surface area contributed by atoms with E-state index in [0.717, 1.165) is 25.7 Å². The average molecular weight is 242 g/mol. The van der Waals surface area contributed by atoms with E-state index in [1.54, 1.807) is 0 Å². The Balaban J connectivity index is 1.95. The molecule has 0 heterocycles. The van der Waals surface area contributed by atoms with E-state index in [0.29, 0.717) is 0 Å². The van der Waals surface area contributed by atoms with Gasteiger partial charge in [-0.2, -0.15) is 5.26 Å². The molecule has 1 unspecified atom stereocenters. The van der Waals surface area contributed by atoms with Crippen LogP contribution in [0.1, 0.15) is 30.9 Å². The number of carbonyl (C=O) groups excluding carboxylic acids is 1. The minimum atomic E-state index is -0.341. The number of amides is 1. The lowest BCUT2D eigenvalue weighted by molar-refractivity contribution is -0.125. The first-order valence-electron chi connectivity index (χ1n) is 6.51. The van der Waals surface area contributed by atoms with Gasteiger partial charge in [-0.3, -0.25) is 4.79 Å². The first kappa shape index (κ1) is 12.6. The zero-order valence-electron chi connectivity index (χ0n) is 10.6. The molecule has 18 heavy (non-hydrogen) atoms. The van der Waals surface area contributed by atoms with Crippen molar-refractivity contribution in [2.24, 2.45) is 5.92 Å². The van der Waals surface area contributed by atoms with Crippen molar-refractivity contribution in [3.63, 3.8) is 0 Å². The second kappa shape index (κ2) is 5.68. The maximum atomic E-state index is 12.1. The zero-order chi connectivity index (χ0) is 13.0. The Kier molecular flexibility index (Phi) is 3.99. The van der Waals surface area contributed by atoms with Crippen LogP contribution in [0.2, 0.25) is 0 Å². The van der Waals surface area contributed by atoms with Crippen LogP contribution in [0.25, 0.3) is 0 Å². The molecule has 1 atom stereocenters. The van der Waals surface area contributed by atoms with E-state index < -0.39 is 0 Å². The highest BCUT2D eigenvalue weighted by molar-refractivity contribution is 5.80. The number of hydrogen-bond donors (Lipinski definition) is 1. The van der Waals surface area contributed by atoms with Crippen molar-refractivity contribution in [2.75, 3.05) is 0 Å². The van der Waals surface area contributed by atoms with E-state index in [1.807, 2.05) is 19.1 Å². The summed E-state index contributed by atoms with van der Waals surface area (Å²) in [7, 11) is 0. The lowest BCUT2D eigenvalue weighted by Gasteiger charge is -2.14. The first-order chi connectivity index (χ1) is 8.74. The normalized spacial score (nSPS) is 15.8. The molecule has 1 aromatic carbocycles. The van der Waals surface area contributed by atoms with Crippen molar-refractivity contribution < 1.29 is 4.79 Å². The van der Waals surface area contributed by atoms with Crippen LogP contribution < -0.4 is 5.32 Å². The van der Waals surface area contributed by atoms with E-state index in [-0.39, 0.29) is 17.9 Å². The Morgan fingerprint density at radius 1 is 1.44 bits per heavy atom. The summed E-state index contributed by atoms with van der Waals surface area (Å²) in [5.41, 5.74) is 2.53. The van der Waals surface area contributed by atoms with Gasteiger partial charge in [-0.15, -0.1) is 0 Å². The third kappa shape index (κ3) is 2.70. The van der Waals surface area contributed by atoms with Crippen molar-refractivity contribution in [3.8, 4) is 6.07 Å². The molecule has 0 bridgehead atoms. The fraction of sp³-hybridized carbons (Fsp3) is 0.467. The Bertz CT molecular complexity index is 451. The fourth-order valence-electron chi connectivity index (χ4n) is 2.49. The Labute approximate surface area is 108 Å². The largest absolute Gasteiger partial charge is 0.340 e. The Morgan fingerprint density at radius 3 is 2.56 bits per heavy atom. The number of hydrogen-bond acceptors (Lipinski definition) is 2. The minimum absolute atomic E-state index is 0.00453. The molecular formula is C15H18N2O. The van der Waals surface area contributed by atoms with Gasteiger partial charge in [0.1, 0.15) is 6.04 Å². The van der Waals surface area contributed by atoms with E-state index in [2.05, 4.69) is 23.5 Å². The van der Waals surface area contributed by atoms with E-state index in [1.165, 1.54) is 11.1 Å². The summed E-state index contributed by atoms with van der Waals surface area (Å²) in [6.07, 6.45) is 3.23. The molecule has 3 nitrogen and oxygen atoms in total. The summed E-state index contributed by atoms with van der Waals surface area (Å²) in [4.78, 5) is 12.1. The van der Waals surface area contributed by atoms with E-state index >= 15 is 0 Å². The second-order valence-electron chi connectivity index (χ2n) is 4.85. The topological polar surface area (TPSA) is 52.9 Å². The average Bonchev–Trinajstić information content (AvgIpc) is 2.82. The van der Waals surface area contributed by atoms with Gasteiger partial charge in [-0.05, 0) is 30.4 Å². The molecular weight excluding hydrogens is 224 g/mol. The molecule has 0 aliphatic heterocycles. The predicted molar refractivity (Wildman–Crippen MR) is 69.8 cm³/mol. The van der Waals surface area contributed by atoms with Gasteiger partial charge in [-0.1, -0.05) is 37.6 Å². The smallest absolute Gasteiger partial charge is 0.224 e. The molecule has 0 saturated heterocycles. The van der Waals surface area contributed by atoms with Gasteiger partial charge < -0.3 is 5.32 Å². The number of nitrogens with zero attached hydrogens (tertiary/aromatic N) is 1. The van der Waals surface area contributed by atoms with E-state index in [4.69, 9.17) is 5.26 Å². The number of fused-ring (bicyclic) bond motifs is 1. The minimum Gasteiger partial charge on any atom is -0.340 e. The number of benzene rings is 1. The van der Waals surface area contributed by atoms with Crippen molar-refractivity contribution in [1.82, 2.24) is 5.32 Å². The summed E-state index contributed by atoms with van der Waals surface area (Å²) >= 11 is 0. The molecule has 0 fully saturated rings. The summed E-state index contributed by atoms with van der Waals surface area (Å²) < 4.78 is 0. The molecule has 1 amide bonds. The van der Waals surface area contributed by atoms with Crippen molar-refractivity contribution in [1.29, 1.82) is 5.26 Å². The Hall–Kier alpha value is -1.82. The van der Waals surface area contributed by atoms with Gasteiger partial charge in [0.2, 0.25) is 5.91 Å². The van der Waals surface area contributed by atoms with Gasteiger partial charge in [0.15, 0.2) is 0 Å². The van der Waals surface area contributed by atoms with Crippen LogP contribution in [0.4, 0.5) is 0 Å². The van der Waals surface area contributed by atoms with Crippen LogP contribution >= 0.6 is 0 Å². The van der Waals surface area contributed by atoms with Gasteiger partial charge in [0, 0.05) is 5.92 Å². The highest BCUT2D eigenvalue weighted by Crippen LogP contribution is 2.26. The summed E-state index contributed by atoms with van der Waals surface area (Å²) in [5, 5.41) is 11.8. The van der Waals surface area contributed by atoms with Crippen molar-refractivity contribution >= 4 is 5.91 Å². The van der Waals surface area contributed by atoms with Gasteiger partial charge >= 0.3 is 0 Å². The first-order valence-corrected chi connectivity index (χ1v) is 6.51. The van der Waals surface area contributed by atoms with Crippen LogP contribution in [0.3, 0.4) is 0 Å². The molecule has 1 aromatic rings. The molecule has 0 saturated carbocycles. The maximum absolute atomic E-state index is 12.1. The molecule has 0 aromatic heterocycles. The van der Waals surface area contributed by atoms with Crippen LogP contribution in [-0.2, 0) is 17.6 Å². The second-order valence-corrected chi connectivity index (χ2v) is 4.85. The van der Waals surface area contributed by atoms with Crippen LogP contribution in [-0.4, -0.2) is 11.9 Å². The highest BCUT2D eigenvalue weighted by atomic mass is 16.1. The lowest BCUT2D eigenvalue weighted by atomic mass is 10.0. The molecule has 1 aliphatic carbocycles. The number of nitrogens with one attached hydrogen (secondary N) is 1. The Morgan fingerprint density at radius 2 is 2.06 bits per heavy atom. The molecule has 1 N–H and O–H groups in total. The third-order valence-electron chi connectivity index (χ3n) is 3.47. The standard InChI is InChI=1S/C15H18N2O/c1-2-5-14(10-16)17-15(18)13-8-11-6-3-4-7-12(11)9-13/h3-4,6-7,13-14H,2,5,8-9H2,1H3,(H,17,18). The summed E-state index contributed by atoms with van der Waals surface area (Å²) in [6.45, 7) is 2.02. The SMILES string of the molecule is CCCC(C#N)NC(=O)C1Cc2ccccc2C1. The quantitative estimate of drug-likeness (QED) is 0.880. The van der Waals surface area contributed by atoms with Crippen molar-refractivity contribution in [3.05, 3.63) is 35.4 Å². The van der Waals surface area contributed by atoms with Crippen LogP contribution in [0, 0.1) is 17.2 Å². The molecule has 3 heteroatoms. The van der Waals surface area contributed by atoms with Crippen molar-refractivity contribution in [2.45, 2.75) is 38.6 Å². The predicted octanol–water partition coefficient (Wildman–Crippen LogP) is 2.21. The number of carbonyl (C=O) groups is 1. The van der Waals surface area contributed by atoms with E-state index in [9.17, 15) is 4.79 Å². The molecule has 94 valence electrons. The third-order valence-corrected chi connectivity index (χ3v) is 3.47. The van der Waals surface area contributed by atoms with Gasteiger partial charge in [0.05, 0.1) is 6.07 Å². The molecule has 0 radical (unpaired) electrons. The summed E-state index contributed by atoms with van der Waals surface area (Å²) in [5.74, 6) is 0.0151. The number of rotatable bonds is 4. The van der Waals surface area contributed by atoms with Crippen LogP contribution in [0.15, 0.2) is 24.3 Å². The maximum Gasteiger partial charge on any atom is 0.224 e. The molecule has 2 rings (SSSR count). The van der Waals surface area contributed by atoms with Crippen LogP contribution in [0.5, 0.6) is 0 Å². The molecule has 0 spiro atoms.